The second-order valence-corrected chi connectivity index (χ2v) is 2.25. The van der Waals surface area contributed by atoms with Crippen LogP contribution in [0, 0.1) is 0 Å². The van der Waals surface area contributed by atoms with E-state index in [0.717, 1.165) is 0 Å². The van der Waals surface area contributed by atoms with Crippen LogP contribution in [0.15, 0.2) is 0 Å². The lowest BCUT2D eigenvalue weighted by molar-refractivity contribution is -0.0889. The summed E-state index contributed by atoms with van der Waals surface area (Å²) < 4.78 is 21.8. The molecule has 0 aromatic heterocycles. The van der Waals surface area contributed by atoms with Crippen molar-refractivity contribution < 1.29 is 18.7 Å². The number of hydrogen-bond donors (Lipinski definition) is 0. The predicted octanol–water partition coefficient (Wildman–Crippen LogP) is 1.62. The Morgan fingerprint density at radius 2 is 2.40 bits per heavy atom. The maximum Gasteiger partial charge on any atom is 0.511 e. The number of cyclic esters (lactones) is 2. The third kappa shape index (κ3) is 0.936. The quantitative estimate of drug-likeness (QED) is 0.530. The molecular formula is C6H9FO3. The highest BCUT2D eigenvalue weighted by molar-refractivity contribution is 5.62. The lowest BCUT2D eigenvalue weighted by Gasteiger charge is -2.16. The van der Waals surface area contributed by atoms with Crippen molar-refractivity contribution in [3.8, 4) is 0 Å². The van der Waals surface area contributed by atoms with Crippen molar-refractivity contribution in [2.75, 3.05) is 0 Å². The number of carbonyl (C=O) groups excluding carboxylic acids is 1. The second-order valence-electron chi connectivity index (χ2n) is 2.25. The van der Waals surface area contributed by atoms with Gasteiger partial charge >= 0.3 is 6.16 Å². The fourth-order valence-electron chi connectivity index (χ4n) is 0.838. The van der Waals surface area contributed by atoms with Crippen molar-refractivity contribution >= 4 is 6.16 Å². The highest BCUT2D eigenvalue weighted by atomic mass is 19.2. The monoisotopic (exact) mass is 148 g/mol. The summed E-state index contributed by atoms with van der Waals surface area (Å²) in [6.07, 6.45) is -1.58. The summed E-state index contributed by atoms with van der Waals surface area (Å²) in [7, 11) is 0. The first-order valence-electron chi connectivity index (χ1n) is 3.17. The molecule has 1 aliphatic rings. The molecule has 1 saturated heterocycles. The van der Waals surface area contributed by atoms with Crippen LogP contribution in [-0.2, 0) is 9.47 Å². The van der Waals surface area contributed by atoms with Crippen molar-refractivity contribution in [3.05, 3.63) is 0 Å². The van der Waals surface area contributed by atoms with Gasteiger partial charge in [-0.25, -0.2) is 4.79 Å². The number of alkyl halides is 1. The van der Waals surface area contributed by atoms with E-state index >= 15 is 0 Å². The lowest BCUT2D eigenvalue weighted by atomic mass is 10.1. The first-order chi connectivity index (χ1) is 4.58. The van der Waals surface area contributed by atoms with Gasteiger partial charge in [-0.2, -0.15) is 4.39 Å². The molecule has 0 aromatic carbocycles. The number of carbonyl (C=O) groups is 1. The van der Waals surface area contributed by atoms with Crippen LogP contribution in [0.4, 0.5) is 9.18 Å². The Hall–Kier alpha value is -0.800. The van der Waals surface area contributed by atoms with E-state index in [9.17, 15) is 9.18 Å². The van der Waals surface area contributed by atoms with Crippen LogP contribution < -0.4 is 0 Å². The highest BCUT2D eigenvalue weighted by Crippen LogP contribution is 2.31. The standard InChI is InChI=1S/C6H9FO3/c1-3-6(7)4(2)9-5(8)10-6/h4H,3H2,1-2H3. The Labute approximate surface area is 58.1 Å². The number of rotatable bonds is 1. The maximum atomic E-state index is 13.1. The Morgan fingerprint density at radius 3 is 2.60 bits per heavy atom. The van der Waals surface area contributed by atoms with Gasteiger partial charge in [-0.1, -0.05) is 6.92 Å². The van der Waals surface area contributed by atoms with Gasteiger partial charge in [0, 0.05) is 6.42 Å². The van der Waals surface area contributed by atoms with Gasteiger partial charge in [-0.05, 0) is 6.92 Å². The first kappa shape index (κ1) is 7.31. The normalized spacial score (nSPS) is 39.1. The SMILES string of the molecule is CCC1(F)OC(=O)OC1C. The minimum absolute atomic E-state index is 0.125. The van der Waals surface area contributed by atoms with Crippen molar-refractivity contribution in [2.24, 2.45) is 0 Å². The van der Waals surface area contributed by atoms with Crippen LogP contribution in [-0.4, -0.2) is 18.1 Å². The van der Waals surface area contributed by atoms with Crippen LogP contribution in [0.5, 0.6) is 0 Å². The molecule has 0 aliphatic carbocycles. The van der Waals surface area contributed by atoms with E-state index in [1.807, 2.05) is 0 Å². The molecule has 3 nitrogen and oxygen atoms in total. The molecule has 0 saturated carbocycles. The number of halogens is 1. The molecule has 1 heterocycles. The van der Waals surface area contributed by atoms with E-state index in [1.54, 1.807) is 6.92 Å². The Kier molecular flexibility index (Phi) is 1.54. The topological polar surface area (TPSA) is 35.5 Å². The summed E-state index contributed by atoms with van der Waals surface area (Å²) in [4.78, 5) is 10.3. The van der Waals surface area contributed by atoms with E-state index in [4.69, 9.17) is 0 Å². The maximum absolute atomic E-state index is 13.1. The molecule has 58 valence electrons. The number of ether oxygens (including phenoxy) is 2. The van der Waals surface area contributed by atoms with Crippen LogP contribution >= 0.6 is 0 Å². The van der Waals surface area contributed by atoms with Crippen LogP contribution in [0.25, 0.3) is 0 Å². The molecular weight excluding hydrogens is 139 g/mol. The van der Waals surface area contributed by atoms with E-state index in [2.05, 4.69) is 9.47 Å². The zero-order valence-corrected chi connectivity index (χ0v) is 5.89. The molecule has 10 heavy (non-hydrogen) atoms. The molecule has 0 spiro atoms. The summed E-state index contributed by atoms with van der Waals surface area (Å²) in [6, 6.07) is 0. The Balaban J connectivity index is 2.70. The second kappa shape index (κ2) is 2.11. The van der Waals surface area contributed by atoms with Crippen LogP contribution in [0.3, 0.4) is 0 Å². The van der Waals surface area contributed by atoms with E-state index in [0.29, 0.717) is 0 Å². The zero-order valence-electron chi connectivity index (χ0n) is 5.89. The van der Waals surface area contributed by atoms with Gasteiger partial charge in [0.1, 0.15) is 0 Å². The molecule has 2 atom stereocenters. The molecule has 0 amide bonds. The van der Waals surface area contributed by atoms with Crippen LogP contribution in [0.1, 0.15) is 20.3 Å². The zero-order chi connectivity index (χ0) is 7.78. The van der Waals surface area contributed by atoms with Crippen molar-refractivity contribution in [1.29, 1.82) is 0 Å². The van der Waals surface area contributed by atoms with Crippen molar-refractivity contribution in [3.63, 3.8) is 0 Å². The van der Waals surface area contributed by atoms with Gasteiger partial charge in [0.2, 0.25) is 0 Å². The van der Waals surface area contributed by atoms with Gasteiger partial charge in [0.25, 0.3) is 5.85 Å². The van der Waals surface area contributed by atoms with Gasteiger partial charge in [0.05, 0.1) is 0 Å². The van der Waals surface area contributed by atoms with Gasteiger partial charge in [0.15, 0.2) is 6.10 Å². The molecule has 0 aromatic rings. The smallest absolute Gasteiger partial charge is 0.424 e. The van der Waals surface area contributed by atoms with Gasteiger partial charge in [-0.3, -0.25) is 0 Å². The Morgan fingerprint density at radius 1 is 1.80 bits per heavy atom. The fourth-order valence-corrected chi connectivity index (χ4v) is 0.838. The molecule has 1 fully saturated rings. The molecule has 1 aliphatic heterocycles. The van der Waals surface area contributed by atoms with E-state index in [-0.39, 0.29) is 6.42 Å². The van der Waals surface area contributed by atoms with Crippen molar-refractivity contribution in [1.82, 2.24) is 0 Å². The third-order valence-corrected chi connectivity index (χ3v) is 1.62. The molecule has 0 N–H and O–H groups in total. The summed E-state index contributed by atoms with van der Waals surface area (Å²) in [5, 5.41) is 0. The average Bonchev–Trinajstić information content (AvgIpc) is 2.09. The van der Waals surface area contributed by atoms with Crippen LogP contribution in [0.2, 0.25) is 0 Å². The van der Waals surface area contributed by atoms with E-state index in [1.165, 1.54) is 6.92 Å². The Bertz CT molecular complexity index is 159. The lowest BCUT2D eigenvalue weighted by Crippen LogP contribution is -2.31. The predicted molar refractivity (Wildman–Crippen MR) is 31.2 cm³/mol. The minimum Gasteiger partial charge on any atom is -0.424 e. The number of hydrogen-bond acceptors (Lipinski definition) is 3. The molecule has 1 rings (SSSR count). The van der Waals surface area contributed by atoms with Gasteiger partial charge < -0.3 is 9.47 Å². The molecule has 0 bridgehead atoms. The summed E-state index contributed by atoms with van der Waals surface area (Å²) in [5.41, 5.74) is 0. The highest BCUT2D eigenvalue weighted by Gasteiger charge is 2.48. The van der Waals surface area contributed by atoms with Gasteiger partial charge in [-0.15, -0.1) is 0 Å². The first-order valence-corrected chi connectivity index (χ1v) is 3.17. The average molecular weight is 148 g/mol. The molecule has 2 unspecified atom stereocenters. The fraction of sp³-hybridized carbons (Fsp3) is 0.833. The molecule has 4 heteroatoms. The summed E-state index contributed by atoms with van der Waals surface area (Å²) in [6.45, 7) is 3.06. The molecule has 0 radical (unpaired) electrons. The third-order valence-electron chi connectivity index (χ3n) is 1.62. The van der Waals surface area contributed by atoms with Crippen molar-refractivity contribution in [2.45, 2.75) is 32.2 Å². The largest absolute Gasteiger partial charge is 0.511 e. The van der Waals surface area contributed by atoms with E-state index < -0.39 is 18.1 Å². The summed E-state index contributed by atoms with van der Waals surface area (Å²) >= 11 is 0. The minimum atomic E-state index is -1.91. The summed E-state index contributed by atoms with van der Waals surface area (Å²) in [5.74, 6) is -1.91.